The zero-order valence-corrected chi connectivity index (χ0v) is 8.37. The van der Waals surface area contributed by atoms with Crippen molar-refractivity contribution in [1.29, 1.82) is 0 Å². The molecular weight excluding hydrogens is 200 g/mol. The van der Waals surface area contributed by atoms with Gasteiger partial charge in [-0.05, 0) is 6.92 Å². The molecule has 0 amide bonds. The molecule has 0 radical (unpaired) electrons. The summed E-state index contributed by atoms with van der Waals surface area (Å²) >= 11 is 0. The van der Waals surface area contributed by atoms with Gasteiger partial charge in [-0.2, -0.15) is 0 Å². The van der Waals surface area contributed by atoms with Crippen LogP contribution in [0, 0.1) is 0 Å². The van der Waals surface area contributed by atoms with E-state index in [-0.39, 0.29) is 12.5 Å². The van der Waals surface area contributed by atoms with Crippen LogP contribution in [0.4, 0.5) is 0 Å². The first-order valence-electron chi connectivity index (χ1n) is 4.98. The minimum absolute atomic E-state index is 0.217. The average Bonchev–Trinajstić information content (AvgIpc) is 2.91. The maximum Gasteiger partial charge on any atom is 0.338 e. The van der Waals surface area contributed by atoms with Crippen molar-refractivity contribution in [3.8, 4) is 0 Å². The molecule has 2 rings (SSSR count). The molecule has 2 heterocycles. The van der Waals surface area contributed by atoms with Gasteiger partial charge in [-0.3, -0.25) is 0 Å². The molecule has 0 aromatic carbocycles. The standard InChI is InChI=1S/C10H14O5/c1-5-4-7(12)6(11)2-3-8-9(15-8)10(13)14-5/h2-3,5-9,11-12H,4H2,1H3/b3-2-/t5?,6?,7-,8-,9-/m1/s1. The number of rotatable bonds is 0. The second kappa shape index (κ2) is 3.92. The van der Waals surface area contributed by atoms with Crippen molar-refractivity contribution >= 4 is 5.97 Å². The van der Waals surface area contributed by atoms with Crippen LogP contribution in [0.3, 0.4) is 0 Å². The normalized spacial score (nSPS) is 47.7. The number of aliphatic hydroxyl groups excluding tert-OH is 2. The summed E-state index contributed by atoms with van der Waals surface area (Å²) in [5.74, 6) is -0.402. The highest BCUT2D eigenvalue weighted by Crippen LogP contribution is 2.27. The number of esters is 1. The maximum absolute atomic E-state index is 11.3. The zero-order valence-electron chi connectivity index (χ0n) is 8.37. The minimum atomic E-state index is -0.936. The van der Waals surface area contributed by atoms with Crippen molar-refractivity contribution in [3.05, 3.63) is 12.2 Å². The van der Waals surface area contributed by atoms with Crippen LogP contribution in [0.1, 0.15) is 13.3 Å². The Morgan fingerprint density at radius 2 is 2.13 bits per heavy atom. The van der Waals surface area contributed by atoms with Gasteiger partial charge in [-0.15, -0.1) is 0 Å². The van der Waals surface area contributed by atoms with E-state index in [2.05, 4.69) is 0 Å². The molecule has 5 heteroatoms. The molecule has 0 aromatic rings. The number of aliphatic hydroxyl groups is 2. The van der Waals surface area contributed by atoms with Crippen molar-refractivity contribution in [2.75, 3.05) is 0 Å². The van der Waals surface area contributed by atoms with Crippen LogP contribution < -0.4 is 0 Å². The summed E-state index contributed by atoms with van der Waals surface area (Å²) in [6.07, 6.45) is 0.133. The molecule has 5 nitrogen and oxygen atoms in total. The van der Waals surface area contributed by atoms with Gasteiger partial charge in [-0.25, -0.2) is 4.79 Å². The molecule has 1 saturated heterocycles. The van der Waals surface area contributed by atoms with E-state index < -0.39 is 30.4 Å². The van der Waals surface area contributed by atoms with E-state index >= 15 is 0 Å². The summed E-state index contributed by atoms with van der Waals surface area (Å²) < 4.78 is 10.1. The van der Waals surface area contributed by atoms with E-state index in [4.69, 9.17) is 9.47 Å². The summed E-state index contributed by atoms with van der Waals surface area (Å²) in [4.78, 5) is 11.3. The van der Waals surface area contributed by atoms with Gasteiger partial charge in [0.25, 0.3) is 0 Å². The molecule has 0 spiro atoms. The number of carbonyl (C=O) groups is 1. The number of ether oxygens (including phenoxy) is 2. The van der Waals surface area contributed by atoms with Crippen LogP contribution in [-0.2, 0) is 14.3 Å². The number of epoxide rings is 1. The first-order valence-corrected chi connectivity index (χ1v) is 4.98. The maximum atomic E-state index is 11.3. The topological polar surface area (TPSA) is 79.3 Å². The Bertz CT molecular complexity index is 288. The Morgan fingerprint density at radius 1 is 1.40 bits per heavy atom. The van der Waals surface area contributed by atoms with Crippen LogP contribution in [0.25, 0.3) is 0 Å². The largest absolute Gasteiger partial charge is 0.461 e. The highest BCUT2D eigenvalue weighted by molar-refractivity contribution is 5.78. The third-order valence-electron chi connectivity index (χ3n) is 2.54. The summed E-state index contributed by atoms with van der Waals surface area (Å²) in [5.41, 5.74) is 0. The zero-order chi connectivity index (χ0) is 11.0. The number of carbonyl (C=O) groups excluding carboxylic acids is 1. The van der Waals surface area contributed by atoms with Gasteiger partial charge in [-0.1, -0.05) is 12.2 Å². The van der Waals surface area contributed by atoms with Crippen LogP contribution in [0.2, 0.25) is 0 Å². The third-order valence-corrected chi connectivity index (χ3v) is 2.54. The molecule has 1 fully saturated rings. The summed E-state index contributed by atoms with van der Waals surface area (Å²) in [6.45, 7) is 1.68. The fraction of sp³-hybridized carbons (Fsp3) is 0.700. The summed E-state index contributed by atoms with van der Waals surface area (Å²) in [6, 6.07) is 0. The smallest absolute Gasteiger partial charge is 0.338 e. The summed E-state index contributed by atoms with van der Waals surface area (Å²) in [5, 5.41) is 19.0. The van der Waals surface area contributed by atoms with Crippen molar-refractivity contribution in [3.63, 3.8) is 0 Å². The van der Waals surface area contributed by atoms with E-state index in [1.807, 2.05) is 0 Å². The van der Waals surface area contributed by atoms with Gasteiger partial charge < -0.3 is 19.7 Å². The van der Waals surface area contributed by atoms with E-state index in [1.165, 1.54) is 6.08 Å². The van der Waals surface area contributed by atoms with E-state index in [0.717, 1.165) is 0 Å². The Kier molecular flexibility index (Phi) is 2.77. The molecule has 0 aliphatic carbocycles. The van der Waals surface area contributed by atoms with Crippen molar-refractivity contribution in [2.24, 2.45) is 0 Å². The van der Waals surface area contributed by atoms with Gasteiger partial charge in [0.15, 0.2) is 6.10 Å². The Labute approximate surface area is 87.3 Å². The molecule has 0 aromatic heterocycles. The van der Waals surface area contributed by atoms with Crippen LogP contribution in [0.15, 0.2) is 12.2 Å². The first kappa shape index (κ1) is 10.6. The lowest BCUT2D eigenvalue weighted by molar-refractivity contribution is -0.151. The second-order valence-corrected chi connectivity index (χ2v) is 3.95. The van der Waals surface area contributed by atoms with Gasteiger partial charge in [0.1, 0.15) is 12.2 Å². The molecule has 0 saturated carbocycles. The molecule has 84 valence electrons. The second-order valence-electron chi connectivity index (χ2n) is 3.95. The fourth-order valence-electron chi connectivity index (χ4n) is 1.60. The Balaban J connectivity index is 2.09. The SMILES string of the molecule is CC1C[C@@H](O)C(O)/C=C\[C@H]2O[C@H]2C(=O)O1. The quantitative estimate of drug-likeness (QED) is 0.319. The molecule has 15 heavy (non-hydrogen) atoms. The molecular formula is C10H14O5. The van der Waals surface area contributed by atoms with Gasteiger partial charge in [0.2, 0.25) is 0 Å². The van der Waals surface area contributed by atoms with Crippen LogP contribution in [-0.4, -0.2) is 46.7 Å². The monoisotopic (exact) mass is 214 g/mol. The lowest BCUT2D eigenvalue weighted by Crippen LogP contribution is -2.31. The Hall–Kier alpha value is -0.910. The molecule has 2 unspecified atom stereocenters. The van der Waals surface area contributed by atoms with Gasteiger partial charge in [0.05, 0.1) is 12.2 Å². The predicted octanol–water partition coefficient (Wildman–Crippen LogP) is -0.633. The van der Waals surface area contributed by atoms with Crippen molar-refractivity contribution < 1.29 is 24.5 Å². The lowest BCUT2D eigenvalue weighted by atomic mass is 10.1. The number of hydrogen-bond donors (Lipinski definition) is 2. The molecule has 0 bridgehead atoms. The molecule has 5 atom stereocenters. The van der Waals surface area contributed by atoms with Crippen LogP contribution in [0.5, 0.6) is 0 Å². The number of fused-ring (bicyclic) bond motifs is 1. The third kappa shape index (κ3) is 2.37. The van der Waals surface area contributed by atoms with Crippen molar-refractivity contribution in [2.45, 2.75) is 43.9 Å². The highest BCUT2D eigenvalue weighted by Gasteiger charge is 2.45. The Morgan fingerprint density at radius 3 is 2.87 bits per heavy atom. The van der Waals surface area contributed by atoms with E-state index in [1.54, 1.807) is 13.0 Å². The van der Waals surface area contributed by atoms with Crippen LogP contribution >= 0.6 is 0 Å². The van der Waals surface area contributed by atoms with E-state index in [0.29, 0.717) is 0 Å². The minimum Gasteiger partial charge on any atom is -0.461 e. The number of hydrogen-bond acceptors (Lipinski definition) is 5. The van der Waals surface area contributed by atoms with Gasteiger partial charge >= 0.3 is 5.97 Å². The molecule has 2 N–H and O–H groups in total. The summed E-state index contributed by atoms with van der Waals surface area (Å²) in [7, 11) is 0. The molecule has 2 aliphatic heterocycles. The highest BCUT2D eigenvalue weighted by atomic mass is 16.6. The van der Waals surface area contributed by atoms with Crippen molar-refractivity contribution in [1.82, 2.24) is 0 Å². The fourth-order valence-corrected chi connectivity index (χ4v) is 1.60. The van der Waals surface area contributed by atoms with E-state index in [9.17, 15) is 15.0 Å². The number of cyclic esters (lactones) is 1. The lowest BCUT2D eigenvalue weighted by Gasteiger charge is -2.19. The average molecular weight is 214 g/mol. The molecule has 2 aliphatic rings. The first-order chi connectivity index (χ1) is 7.08. The van der Waals surface area contributed by atoms with Gasteiger partial charge in [0, 0.05) is 6.42 Å². The predicted molar refractivity (Wildman–Crippen MR) is 50.0 cm³/mol.